The summed E-state index contributed by atoms with van der Waals surface area (Å²) in [5, 5.41) is 3.04. The Hall–Kier alpha value is -2.08. The van der Waals surface area contributed by atoms with Gasteiger partial charge in [0.2, 0.25) is 18.2 Å². The number of anilines is 1. The lowest BCUT2D eigenvalue weighted by molar-refractivity contribution is -0.137. The van der Waals surface area contributed by atoms with Crippen LogP contribution in [0.5, 0.6) is 0 Å². The summed E-state index contributed by atoms with van der Waals surface area (Å²) in [7, 11) is 0. The fraction of sp³-hybridized carbons (Fsp3) is 0.357. The van der Waals surface area contributed by atoms with E-state index in [0.717, 1.165) is 6.41 Å². The van der Waals surface area contributed by atoms with Gasteiger partial charge in [-0.15, -0.1) is 0 Å². The van der Waals surface area contributed by atoms with Gasteiger partial charge in [0.15, 0.2) is 0 Å². The van der Waals surface area contributed by atoms with E-state index in [4.69, 9.17) is 11.6 Å². The van der Waals surface area contributed by atoms with Crippen molar-refractivity contribution in [1.29, 1.82) is 0 Å². The van der Waals surface area contributed by atoms with Gasteiger partial charge in [0.05, 0.1) is 10.7 Å². The SMILES string of the molecule is O=CN1CCN(C(=O)CC(=O)Nc2ccccc2Cl)CC1. The molecule has 1 aliphatic rings. The van der Waals surface area contributed by atoms with E-state index in [1.54, 1.807) is 34.1 Å². The number of halogens is 1. The maximum absolute atomic E-state index is 12.0. The maximum atomic E-state index is 12.0. The Kier molecular flexibility index (Phi) is 5.16. The molecule has 0 unspecified atom stereocenters. The molecule has 1 aliphatic heterocycles. The third kappa shape index (κ3) is 4.19. The summed E-state index contributed by atoms with van der Waals surface area (Å²) in [6.45, 7) is 1.91. The third-order valence-electron chi connectivity index (χ3n) is 3.28. The molecule has 0 aromatic heterocycles. The van der Waals surface area contributed by atoms with E-state index >= 15 is 0 Å². The van der Waals surface area contributed by atoms with Crippen molar-refractivity contribution < 1.29 is 14.4 Å². The van der Waals surface area contributed by atoms with Gasteiger partial charge in [0, 0.05) is 26.2 Å². The van der Waals surface area contributed by atoms with E-state index in [0.29, 0.717) is 36.9 Å². The Morgan fingerprint density at radius 1 is 1.19 bits per heavy atom. The van der Waals surface area contributed by atoms with Crippen LogP contribution in [-0.4, -0.2) is 54.2 Å². The fourth-order valence-corrected chi connectivity index (χ4v) is 2.27. The number of piperazine rings is 1. The molecule has 1 fully saturated rings. The summed E-state index contributed by atoms with van der Waals surface area (Å²) in [5.74, 6) is -0.643. The molecule has 0 bridgehead atoms. The van der Waals surface area contributed by atoms with Gasteiger partial charge >= 0.3 is 0 Å². The van der Waals surface area contributed by atoms with Gasteiger partial charge in [-0.1, -0.05) is 23.7 Å². The average molecular weight is 310 g/mol. The van der Waals surface area contributed by atoms with Gasteiger partial charge in [-0.25, -0.2) is 0 Å². The van der Waals surface area contributed by atoms with E-state index in [9.17, 15) is 14.4 Å². The van der Waals surface area contributed by atoms with E-state index in [-0.39, 0.29) is 12.3 Å². The first kappa shape index (κ1) is 15.3. The van der Waals surface area contributed by atoms with Crippen LogP contribution in [0.3, 0.4) is 0 Å². The zero-order valence-corrected chi connectivity index (χ0v) is 12.2. The molecule has 0 saturated carbocycles. The Balaban J connectivity index is 1.84. The molecule has 3 amide bonds. The Bertz CT molecular complexity index is 542. The van der Waals surface area contributed by atoms with Crippen LogP contribution in [-0.2, 0) is 14.4 Å². The molecule has 112 valence electrons. The van der Waals surface area contributed by atoms with Gasteiger partial charge in [-0.3, -0.25) is 14.4 Å². The number of nitrogens with one attached hydrogen (secondary N) is 1. The first-order valence-corrected chi connectivity index (χ1v) is 6.99. The number of para-hydroxylation sites is 1. The largest absolute Gasteiger partial charge is 0.342 e. The highest BCUT2D eigenvalue weighted by Crippen LogP contribution is 2.20. The van der Waals surface area contributed by atoms with E-state index in [2.05, 4.69) is 5.32 Å². The standard InChI is InChI=1S/C14H16ClN3O3/c15-11-3-1-2-4-12(11)16-13(20)9-14(21)18-7-5-17(10-19)6-8-18/h1-4,10H,5-9H2,(H,16,20). The predicted octanol–water partition coefficient (Wildman–Crippen LogP) is 0.969. The number of nitrogens with zero attached hydrogens (tertiary/aromatic N) is 2. The van der Waals surface area contributed by atoms with Crippen molar-refractivity contribution in [2.45, 2.75) is 6.42 Å². The first-order chi connectivity index (χ1) is 10.1. The lowest BCUT2D eigenvalue weighted by Gasteiger charge is -2.32. The second-order valence-electron chi connectivity index (χ2n) is 4.73. The van der Waals surface area contributed by atoms with Crippen molar-refractivity contribution in [2.24, 2.45) is 0 Å². The topological polar surface area (TPSA) is 69.7 Å². The molecular formula is C14H16ClN3O3. The highest BCUT2D eigenvalue weighted by Gasteiger charge is 2.22. The van der Waals surface area contributed by atoms with Crippen LogP contribution in [0.25, 0.3) is 0 Å². The number of hydrogen-bond acceptors (Lipinski definition) is 3. The molecule has 1 aromatic carbocycles. The molecule has 7 heteroatoms. The molecule has 1 aromatic rings. The van der Waals surface area contributed by atoms with Crippen molar-refractivity contribution >= 4 is 35.5 Å². The minimum absolute atomic E-state index is 0.230. The highest BCUT2D eigenvalue weighted by atomic mass is 35.5. The third-order valence-corrected chi connectivity index (χ3v) is 3.61. The van der Waals surface area contributed by atoms with Crippen LogP contribution in [0.2, 0.25) is 5.02 Å². The molecule has 0 spiro atoms. The van der Waals surface area contributed by atoms with Crippen LogP contribution in [0.1, 0.15) is 6.42 Å². The number of carbonyl (C=O) groups is 3. The summed E-state index contributed by atoms with van der Waals surface area (Å²) >= 11 is 5.94. The van der Waals surface area contributed by atoms with Crippen LogP contribution in [0.4, 0.5) is 5.69 Å². The molecule has 21 heavy (non-hydrogen) atoms. The van der Waals surface area contributed by atoms with Gasteiger partial charge in [-0.2, -0.15) is 0 Å². The molecule has 1 N–H and O–H groups in total. The lowest BCUT2D eigenvalue weighted by Crippen LogP contribution is -2.48. The normalized spacial score (nSPS) is 14.7. The zero-order valence-electron chi connectivity index (χ0n) is 11.4. The Labute approximate surface area is 127 Å². The highest BCUT2D eigenvalue weighted by molar-refractivity contribution is 6.33. The molecule has 0 radical (unpaired) electrons. The Morgan fingerprint density at radius 3 is 2.48 bits per heavy atom. The summed E-state index contributed by atoms with van der Waals surface area (Å²) in [6.07, 6.45) is 0.540. The molecule has 0 atom stereocenters. The van der Waals surface area contributed by atoms with Gasteiger partial charge in [-0.05, 0) is 12.1 Å². The monoisotopic (exact) mass is 309 g/mol. The number of carbonyl (C=O) groups excluding carboxylic acids is 3. The first-order valence-electron chi connectivity index (χ1n) is 6.61. The number of benzene rings is 1. The van der Waals surface area contributed by atoms with Crippen molar-refractivity contribution in [3.63, 3.8) is 0 Å². The zero-order chi connectivity index (χ0) is 15.2. The second kappa shape index (κ2) is 7.08. The van der Waals surface area contributed by atoms with E-state index in [1.807, 2.05) is 0 Å². The minimum Gasteiger partial charge on any atom is -0.342 e. The molecule has 0 aliphatic carbocycles. The van der Waals surface area contributed by atoms with Crippen LogP contribution < -0.4 is 5.32 Å². The maximum Gasteiger partial charge on any atom is 0.233 e. The lowest BCUT2D eigenvalue weighted by atomic mass is 10.2. The van der Waals surface area contributed by atoms with E-state index < -0.39 is 5.91 Å². The molecule has 1 heterocycles. The molecule has 1 saturated heterocycles. The average Bonchev–Trinajstić information content (AvgIpc) is 2.49. The minimum atomic E-state index is -0.397. The molecule has 2 rings (SSSR count). The van der Waals surface area contributed by atoms with E-state index in [1.165, 1.54) is 0 Å². The Morgan fingerprint density at radius 2 is 1.86 bits per heavy atom. The fourth-order valence-electron chi connectivity index (χ4n) is 2.08. The van der Waals surface area contributed by atoms with Gasteiger partial charge in [0.25, 0.3) is 0 Å². The summed E-state index contributed by atoms with van der Waals surface area (Å²) in [4.78, 5) is 37.6. The van der Waals surface area contributed by atoms with Crippen LogP contribution in [0.15, 0.2) is 24.3 Å². The quantitative estimate of drug-likeness (QED) is 0.665. The number of amides is 3. The predicted molar refractivity (Wildman–Crippen MR) is 78.9 cm³/mol. The summed E-state index contributed by atoms with van der Waals surface area (Å²) < 4.78 is 0. The summed E-state index contributed by atoms with van der Waals surface area (Å²) in [5.41, 5.74) is 0.489. The molecule has 6 nitrogen and oxygen atoms in total. The summed E-state index contributed by atoms with van der Waals surface area (Å²) in [6, 6.07) is 6.85. The second-order valence-corrected chi connectivity index (χ2v) is 5.13. The van der Waals surface area contributed by atoms with Crippen molar-refractivity contribution in [3.05, 3.63) is 29.3 Å². The van der Waals surface area contributed by atoms with Gasteiger partial charge < -0.3 is 15.1 Å². The van der Waals surface area contributed by atoms with Gasteiger partial charge in [0.1, 0.15) is 6.42 Å². The smallest absolute Gasteiger partial charge is 0.233 e. The van der Waals surface area contributed by atoms with Crippen molar-refractivity contribution in [3.8, 4) is 0 Å². The van der Waals surface area contributed by atoms with Crippen molar-refractivity contribution in [1.82, 2.24) is 9.80 Å². The van der Waals surface area contributed by atoms with Crippen LogP contribution >= 0.6 is 11.6 Å². The number of hydrogen-bond donors (Lipinski definition) is 1. The van der Waals surface area contributed by atoms with Crippen molar-refractivity contribution in [2.75, 3.05) is 31.5 Å². The molecular weight excluding hydrogens is 294 g/mol. The number of rotatable bonds is 4. The van der Waals surface area contributed by atoms with Crippen LogP contribution in [0, 0.1) is 0 Å².